The lowest BCUT2D eigenvalue weighted by Gasteiger charge is -2.16. The van der Waals surface area contributed by atoms with Gasteiger partial charge in [0.25, 0.3) is 0 Å². The molecule has 6 rings (SSSR count). The number of pyridine rings is 1. The van der Waals surface area contributed by atoms with Gasteiger partial charge in [-0.05, 0) is 18.4 Å². The molecule has 1 saturated carbocycles. The first-order valence-corrected chi connectivity index (χ1v) is 10.6. The predicted molar refractivity (Wildman–Crippen MR) is 109 cm³/mol. The van der Waals surface area contributed by atoms with Gasteiger partial charge in [-0.3, -0.25) is 0 Å². The molecule has 1 aromatic carbocycles. The number of nitrogens with one attached hydrogen (secondary N) is 1. The molecule has 0 bridgehead atoms. The van der Waals surface area contributed by atoms with E-state index in [1.807, 2.05) is 24.3 Å². The number of aliphatic hydroxyl groups excluding tert-OH is 2. The van der Waals surface area contributed by atoms with E-state index in [2.05, 4.69) is 9.97 Å². The van der Waals surface area contributed by atoms with E-state index in [4.69, 9.17) is 14.2 Å². The van der Waals surface area contributed by atoms with Crippen molar-refractivity contribution in [3.63, 3.8) is 0 Å². The summed E-state index contributed by atoms with van der Waals surface area (Å²) in [7, 11) is 0. The minimum atomic E-state index is -0.641. The first-order valence-electron chi connectivity index (χ1n) is 10.6. The number of halogens is 1. The summed E-state index contributed by atoms with van der Waals surface area (Å²) in [5.41, 5.74) is 3.03. The molecule has 2 unspecified atom stereocenters. The Morgan fingerprint density at radius 2 is 1.90 bits per heavy atom. The van der Waals surface area contributed by atoms with Crippen LogP contribution in [0.4, 0.5) is 4.39 Å². The molecule has 4 atom stereocenters. The van der Waals surface area contributed by atoms with Crippen LogP contribution in [0.25, 0.3) is 22.3 Å². The molecule has 1 aliphatic carbocycles. The fourth-order valence-corrected chi connectivity index (χ4v) is 4.65. The Morgan fingerprint density at radius 3 is 2.65 bits per heavy atom. The second-order valence-electron chi connectivity index (χ2n) is 8.72. The van der Waals surface area contributed by atoms with Crippen LogP contribution >= 0.6 is 0 Å². The van der Waals surface area contributed by atoms with Crippen LogP contribution in [0.3, 0.4) is 0 Å². The monoisotopic (exact) mass is 426 g/mol. The third-order valence-electron chi connectivity index (χ3n) is 6.72. The van der Waals surface area contributed by atoms with Gasteiger partial charge in [-0.25, -0.2) is 9.37 Å². The van der Waals surface area contributed by atoms with Gasteiger partial charge in [0.05, 0.1) is 30.9 Å². The number of benzene rings is 1. The minimum absolute atomic E-state index is 0.122. The third kappa shape index (κ3) is 3.13. The van der Waals surface area contributed by atoms with Crippen molar-refractivity contribution >= 4 is 11.0 Å². The maximum Gasteiger partial charge on any atom is 0.193 e. The van der Waals surface area contributed by atoms with Gasteiger partial charge in [0, 0.05) is 23.1 Å². The molecule has 2 saturated heterocycles. The van der Waals surface area contributed by atoms with Crippen molar-refractivity contribution in [1.82, 2.24) is 9.97 Å². The fourth-order valence-electron chi connectivity index (χ4n) is 4.65. The van der Waals surface area contributed by atoms with E-state index in [1.54, 1.807) is 6.07 Å². The van der Waals surface area contributed by atoms with Crippen molar-refractivity contribution in [2.24, 2.45) is 0 Å². The highest BCUT2D eigenvalue weighted by atomic mass is 19.1. The molecule has 0 amide bonds. The van der Waals surface area contributed by atoms with Gasteiger partial charge in [0.1, 0.15) is 24.0 Å². The molecule has 3 aromatic rings. The second-order valence-corrected chi connectivity index (χ2v) is 8.72. The smallest absolute Gasteiger partial charge is 0.193 e. The Kier molecular flexibility index (Phi) is 4.33. The van der Waals surface area contributed by atoms with Crippen LogP contribution < -0.4 is 4.74 Å². The average molecular weight is 426 g/mol. The van der Waals surface area contributed by atoms with E-state index < -0.39 is 11.9 Å². The fraction of sp³-hybridized carbons (Fsp3) is 0.435. The summed E-state index contributed by atoms with van der Waals surface area (Å²) in [4.78, 5) is 7.56. The van der Waals surface area contributed by atoms with E-state index in [0.29, 0.717) is 29.1 Å². The molecule has 3 N–H and O–H groups in total. The summed E-state index contributed by atoms with van der Waals surface area (Å²) in [6, 6.07) is 10.7. The molecule has 162 valence electrons. The lowest BCUT2D eigenvalue weighted by atomic mass is 9.95. The molecule has 7 nitrogen and oxygen atoms in total. The first kappa shape index (κ1) is 19.2. The molecular formula is C23H23FN2O5. The second kappa shape index (κ2) is 7.00. The zero-order valence-electron chi connectivity index (χ0n) is 16.8. The average Bonchev–Trinajstić information content (AvgIpc) is 3.12. The molecule has 0 radical (unpaired) electrons. The van der Waals surface area contributed by atoms with Crippen molar-refractivity contribution < 1.29 is 28.8 Å². The number of hydrogen-bond acceptors (Lipinski definition) is 6. The van der Waals surface area contributed by atoms with Crippen LogP contribution in [0.1, 0.15) is 18.4 Å². The predicted octanol–water partition coefficient (Wildman–Crippen LogP) is 2.30. The lowest BCUT2D eigenvalue weighted by molar-refractivity contribution is 0.00794. The quantitative estimate of drug-likeness (QED) is 0.579. The highest BCUT2D eigenvalue weighted by Gasteiger charge is 2.48. The van der Waals surface area contributed by atoms with Crippen LogP contribution in [0.2, 0.25) is 0 Å². The summed E-state index contributed by atoms with van der Waals surface area (Å²) in [5.74, 6) is 0.0238. The molecule has 2 aliphatic heterocycles. The lowest BCUT2D eigenvalue weighted by Crippen LogP contribution is -2.34. The van der Waals surface area contributed by atoms with Crippen molar-refractivity contribution in [3.8, 4) is 17.1 Å². The molecule has 2 aromatic heterocycles. The normalized spacial score (nSPS) is 28.7. The summed E-state index contributed by atoms with van der Waals surface area (Å²) >= 11 is 0. The maximum absolute atomic E-state index is 14.8. The van der Waals surface area contributed by atoms with Gasteiger partial charge in [0.15, 0.2) is 17.8 Å². The van der Waals surface area contributed by atoms with Crippen molar-refractivity contribution in [2.45, 2.75) is 42.7 Å². The largest absolute Gasteiger partial charge is 0.470 e. The van der Waals surface area contributed by atoms with Gasteiger partial charge in [-0.15, -0.1) is 0 Å². The number of H-pyrrole nitrogens is 1. The van der Waals surface area contributed by atoms with Crippen LogP contribution in [0.5, 0.6) is 5.88 Å². The zero-order chi connectivity index (χ0) is 21.2. The molecule has 0 spiro atoms. The Balaban J connectivity index is 1.26. The number of aromatic nitrogens is 2. The van der Waals surface area contributed by atoms with E-state index in [1.165, 1.54) is 6.07 Å². The summed E-state index contributed by atoms with van der Waals surface area (Å²) in [6.45, 7) is 0.682. The van der Waals surface area contributed by atoms with Gasteiger partial charge in [0.2, 0.25) is 0 Å². The number of aromatic amines is 1. The van der Waals surface area contributed by atoms with Crippen LogP contribution in [-0.2, 0) is 14.9 Å². The van der Waals surface area contributed by atoms with Crippen LogP contribution in [-0.4, -0.2) is 64.4 Å². The molecule has 3 aliphatic rings. The molecule has 4 heterocycles. The highest BCUT2D eigenvalue weighted by molar-refractivity contribution is 5.81. The third-order valence-corrected chi connectivity index (χ3v) is 6.72. The molecule has 3 fully saturated rings. The van der Waals surface area contributed by atoms with Gasteiger partial charge in [-0.2, -0.15) is 0 Å². The Hall–Kier alpha value is -2.52. The number of rotatable bonds is 5. The Bertz CT molecular complexity index is 1130. The summed E-state index contributed by atoms with van der Waals surface area (Å²) in [6.07, 6.45) is 0.261. The Labute approximate surface area is 177 Å². The van der Waals surface area contributed by atoms with Crippen molar-refractivity contribution in [1.29, 1.82) is 0 Å². The van der Waals surface area contributed by atoms with Crippen molar-refractivity contribution in [3.05, 3.63) is 47.8 Å². The van der Waals surface area contributed by atoms with Crippen LogP contribution in [0, 0.1) is 5.82 Å². The van der Waals surface area contributed by atoms with Crippen molar-refractivity contribution in [2.75, 3.05) is 19.8 Å². The van der Waals surface area contributed by atoms with E-state index in [9.17, 15) is 14.6 Å². The highest BCUT2D eigenvalue weighted by Crippen LogP contribution is 2.47. The van der Waals surface area contributed by atoms with Gasteiger partial charge < -0.3 is 29.4 Å². The number of fused-ring (bicyclic) bond motifs is 2. The number of aliphatic hydroxyl groups is 2. The number of nitrogens with zero attached hydrogens (tertiary/aromatic N) is 1. The Morgan fingerprint density at radius 1 is 1.13 bits per heavy atom. The van der Waals surface area contributed by atoms with Gasteiger partial charge >= 0.3 is 0 Å². The maximum atomic E-state index is 14.8. The summed E-state index contributed by atoms with van der Waals surface area (Å²) < 4.78 is 32.0. The summed E-state index contributed by atoms with van der Waals surface area (Å²) in [5, 5.41) is 19.5. The number of hydrogen-bond donors (Lipinski definition) is 3. The standard InChI is InChI=1S/C23H23FN2O5/c24-14-7-15-16(8-19(25-15)31-18-10-30-21-17(28)9-29-22(18)21)26-20(14)12-1-3-13(4-2-12)23(11-27)5-6-23/h1-4,7-8,17-18,21-22,25,27-28H,5-6,9-11H2/t17-,18-,21?,22?/m1/s1. The van der Waals surface area contributed by atoms with Gasteiger partial charge in [-0.1, -0.05) is 24.3 Å². The van der Waals surface area contributed by atoms with E-state index in [-0.39, 0.29) is 42.6 Å². The zero-order valence-corrected chi connectivity index (χ0v) is 16.8. The molecule has 8 heteroatoms. The van der Waals surface area contributed by atoms with E-state index >= 15 is 0 Å². The molecular weight excluding hydrogens is 403 g/mol. The van der Waals surface area contributed by atoms with Crippen LogP contribution in [0.15, 0.2) is 36.4 Å². The van der Waals surface area contributed by atoms with E-state index in [0.717, 1.165) is 18.4 Å². The molecule has 31 heavy (non-hydrogen) atoms. The SMILES string of the molecule is OCC1(c2ccc(-c3nc4cc(O[C@@H]5COC6C5OC[C@H]6O)[nH]c4cc3F)cc2)CC1. The number of ether oxygens (including phenoxy) is 3. The first-order chi connectivity index (χ1) is 15.1. The minimum Gasteiger partial charge on any atom is -0.470 e. The topological polar surface area (TPSA) is 96.8 Å².